The van der Waals surface area contributed by atoms with Crippen molar-refractivity contribution in [3.63, 3.8) is 0 Å². The molecule has 0 aliphatic heterocycles. The molecule has 0 aliphatic rings. The molecule has 0 atom stereocenters. The first-order chi connectivity index (χ1) is 5.77. The Balaban J connectivity index is 2.86. The van der Waals surface area contributed by atoms with Crippen molar-refractivity contribution in [2.45, 2.75) is 13.5 Å². The SMILES string of the molecule is CCN(C)c1cc(CN)ccn1. The van der Waals surface area contributed by atoms with Gasteiger partial charge in [0.15, 0.2) is 0 Å². The largest absolute Gasteiger partial charge is 0.360 e. The van der Waals surface area contributed by atoms with Gasteiger partial charge in [0, 0.05) is 26.3 Å². The van der Waals surface area contributed by atoms with Gasteiger partial charge in [-0.15, -0.1) is 0 Å². The molecule has 0 bridgehead atoms. The predicted molar refractivity (Wildman–Crippen MR) is 51.1 cm³/mol. The second-order valence-corrected chi connectivity index (χ2v) is 2.74. The summed E-state index contributed by atoms with van der Waals surface area (Å²) in [6, 6.07) is 3.95. The second-order valence-electron chi connectivity index (χ2n) is 2.74. The lowest BCUT2D eigenvalue weighted by molar-refractivity contribution is 0.929. The van der Waals surface area contributed by atoms with Crippen molar-refractivity contribution in [2.24, 2.45) is 5.73 Å². The molecule has 3 nitrogen and oxygen atoms in total. The van der Waals surface area contributed by atoms with Gasteiger partial charge in [-0.1, -0.05) is 0 Å². The van der Waals surface area contributed by atoms with Crippen LogP contribution >= 0.6 is 0 Å². The third-order valence-corrected chi connectivity index (χ3v) is 1.91. The van der Waals surface area contributed by atoms with Gasteiger partial charge in [0.05, 0.1) is 0 Å². The minimum absolute atomic E-state index is 0.576. The Morgan fingerprint density at radius 2 is 2.33 bits per heavy atom. The first-order valence-electron chi connectivity index (χ1n) is 4.14. The molecule has 1 heterocycles. The molecule has 66 valence electrons. The maximum atomic E-state index is 5.51. The van der Waals surface area contributed by atoms with Crippen LogP contribution in [0.3, 0.4) is 0 Å². The van der Waals surface area contributed by atoms with Crippen molar-refractivity contribution in [1.82, 2.24) is 4.98 Å². The lowest BCUT2D eigenvalue weighted by Crippen LogP contribution is -2.17. The van der Waals surface area contributed by atoms with E-state index >= 15 is 0 Å². The average molecular weight is 165 g/mol. The van der Waals surface area contributed by atoms with Gasteiger partial charge in [0.25, 0.3) is 0 Å². The summed E-state index contributed by atoms with van der Waals surface area (Å²) < 4.78 is 0. The van der Waals surface area contributed by atoms with Gasteiger partial charge >= 0.3 is 0 Å². The summed E-state index contributed by atoms with van der Waals surface area (Å²) >= 11 is 0. The first kappa shape index (κ1) is 9.00. The summed E-state index contributed by atoms with van der Waals surface area (Å²) in [6.07, 6.45) is 1.80. The molecule has 0 amide bonds. The minimum atomic E-state index is 0.576. The Morgan fingerprint density at radius 1 is 1.58 bits per heavy atom. The van der Waals surface area contributed by atoms with Crippen molar-refractivity contribution in [3.8, 4) is 0 Å². The molecular formula is C9H15N3. The number of nitrogens with zero attached hydrogens (tertiary/aromatic N) is 2. The molecule has 0 unspecified atom stereocenters. The molecule has 0 saturated heterocycles. The Morgan fingerprint density at radius 3 is 2.92 bits per heavy atom. The predicted octanol–water partition coefficient (Wildman–Crippen LogP) is 0.996. The molecule has 0 radical (unpaired) electrons. The van der Waals surface area contributed by atoms with Crippen molar-refractivity contribution in [3.05, 3.63) is 23.9 Å². The van der Waals surface area contributed by atoms with Gasteiger partial charge in [-0.2, -0.15) is 0 Å². The molecule has 3 heteroatoms. The number of hydrogen-bond acceptors (Lipinski definition) is 3. The highest BCUT2D eigenvalue weighted by Gasteiger charge is 1.99. The number of nitrogens with two attached hydrogens (primary N) is 1. The number of anilines is 1. The molecule has 12 heavy (non-hydrogen) atoms. The highest BCUT2D eigenvalue weighted by molar-refractivity contribution is 5.39. The van der Waals surface area contributed by atoms with Crippen molar-refractivity contribution < 1.29 is 0 Å². The molecular weight excluding hydrogens is 150 g/mol. The first-order valence-corrected chi connectivity index (χ1v) is 4.14. The fraction of sp³-hybridized carbons (Fsp3) is 0.444. The van der Waals surface area contributed by atoms with E-state index in [1.807, 2.05) is 19.2 Å². The highest BCUT2D eigenvalue weighted by Crippen LogP contribution is 2.09. The quantitative estimate of drug-likeness (QED) is 0.726. The lowest BCUT2D eigenvalue weighted by Gasteiger charge is -2.15. The van der Waals surface area contributed by atoms with Crippen LogP contribution in [0, 0.1) is 0 Å². The van der Waals surface area contributed by atoms with E-state index in [4.69, 9.17) is 5.73 Å². The van der Waals surface area contributed by atoms with Crippen LogP contribution in [-0.2, 0) is 6.54 Å². The van der Waals surface area contributed by atoms with E-state index in [0.717, 1.165) is 17.9 Å². The van der Waals surface area contributed by atoms with E-state index in [-0.39, 0.29) is 0 Å². The van der Waals surface area contributed by atoms with E-state index in [1.54, 1.807) is 6.20 Å². The summed E-state index contributed by atoms with van der Waals surface area (Å²) in [4.78, 5) is 6.31. The maximum Gasteiger partial charge on any atom is 0.128 e. The smallest absolute Gasteiger partial charge is 0.128 e. The summed E-state index contributed by atoms with van der Waals surface area (Å²) in [5.74, 6) is 0.987. The zero-order valence-corrected chi connectivity index (χ0v) is 7.62. The number of pyridine rings is 1. The Labute approximate surface area is 73.2 Å². The van der Waals surface area contributed by atoms with E-state index in [0.29, 0.717) is 6.54 Å². The van der Waals surface area contributed by atoms with Crippen LogP contribution in [0.5, 0.6) is 0 Å². The molecule has 0 aromatic carbocycles. The van der Waals surface area contributed by atoms with Crippen molar-refractivity contribution >= 4 is 5.82 Å². The van der Waals surface area contributed by atoms with E-state index in [9.17, 15) is 0 Å². The molecule has 2 N–H and O–H groups in total. The number of aromatic nitrogens is 1. The molecule has 1 aromatic heterocycles. The third-order valence-electron chi connectivity index (χ3n) is 1.91. The topological polar surface area (TPSA) is 42.1 Å². The number of hydrogen-bond donors (Lipinski definition) is 1. The maximum absolute atomic E-state index is 5.51. The Hall–Kier alpha value is -1.09. The fourth-order valence-corrected chi connectivity index (χ4v) is 0.958. The fourth-order valence-electron chi connectivity index (χ4n) is 0.958. The van der Waals surface area contributed by atoms with Gasteiger partial charge in [-0.25, -0.2) is 4.98 Å². The zero-order valence-electron chi connectivity index (χ0n) is 7.62. The Bertz CT molecular complexity index is 247. The van der Waals surface area contributed by atoms with Crippen LogP contribution in [0.4, 0.5) is 5.82 Å². The van der Waals surface area contributed by atoms with E-state index in [1.165, 1.54) is 0 Å². The van der Waals surface area contributed by atoms with E-state index < -0.39 is 0 Å². The van der Waals surface area contributed by atoms with Crippen LogP contribution in [0.1, 0.15) is 12.5 Å². The van der Waals surface area contributed by atoms with Gasteiger partial charge in [0.2, 0.25) is 0 Å². The van der Waals surface area contributed by atoms with Crippen LogP contribution in [0.15, 0.2) is 18.3 Å². The monoisotopic (exact) mass is 165 g/mol. The van der Waals surface area contributed by atoms with Gasteiger partial charge in [-0.05, 0) is 24.6 Å². The standard InChI is InChI=1S/C9H15N3/c1-3-12(2)9-6-8(7-10)4-5-11-9/h4-6H,3,7,10H2,1-2H3. The second kappa shape index (κ2) is 4.07. The van der Waals surface area contributed by atoms with Crippen molar-refractivity contribution in [2.75, 3.05) is 18.5 Å². The van der Waals surface area contributed by atoms with Crippen LogP contribution in [0.2, 0.25) is 0 Å². The lowest BCUT2D eigenvalue weighted by atomic mass is 10.2. The minimum Gasteiger partial charge on any atom is -0.360 e. The summed E-state index contributed by atoms with van der Waals surface area (Å²) in [5.41, 5.74) is 6.64. The average Bonchev–Trinajstić information content (AvgIpc) is 2.17. The van der Waals surface area contributed by atoms with Gasteiger partial charge in [-0.3, -0.25) is 0 Å². The highest BCUT2D eigenvalue weighted by atomic mass is 15.1. The summed E-state index contributed by atoms with van der Waals surface area (Å²) in [7, 11) is 2.02. The number of rotatable bonds is 3. The Kier molecular flexibility index (Phi) is 3.05. The van der Waals surface area contributed by atoms with Crippen LogP contribution < -0.4 is 10.6 Å². The normalized spacial score (nSPS) is 9.92. The van der Waals surface area contributed by atoms with Crippen LogP contribution in [0.25, 0.3) is 0 Å². The molecule has 0 spiro atoms. The van der Waals surface area contributed by atoms with Crippen molar-refractivity contribution in [1.29, 1.82) is 0 Å². The van der Waals surface area contributed by atoms with Gasteiger partial charge < -0.3 is 10.6 Å². The molecule has 1 aromatic rings. The molecule has 0 saturated carbocycles. The summed E-state index contributed by atoms with van der Waals surface area (Å²) in [5, 5.41) is 0. The third kappa shape index (κ3) is 1.95. The zero-order chi connectivity index (χ0) is 8.97. The van der Waals surface area contributed by atoms with Crippen LogP contribution in [-0.4, -0.2) is 18.6 Å². The van der Waals surface area contributed by atoms with Gasteiger partial charge in [0.1, 0.15) is 5.82 Å². The molecule has 0 aliphatic carbocycles. The molecule has 1 rings (SSSR count). The van der Waals surface area contributed by atoms with E-state index in [2.05, 4.69) is 16.8 Å². The molecule has 0 fully saturated rings. The summed E-state index contributed by atoms with van der Waals surface area (Å²) in [6.45, 7) is 3.63.